The van der Waals surface area contributed by atoms with Crippen LogP contribution in [0.25, 0.3) is 5.82 Å². The molecule has 3 rings (SSSR count). The third kappa shape index (κ3) is 4.82. The monoisotopic (exact) mass is 394 g/mol. The van der Waals surface area contributed by atoms with E-state index >= 15 is 0 Å². The summed E-state index contributed by atoms with van der Waals surface area (Å²) in [6.07, 6.45) is 1.86. The number of aromatic nitrogens is 5. The molecule has 8 heteroatoms. The van der Waals surface area contributed by atoms with Crippen LogP contribution >= 0.6 is 0 Å². The van der Waals surface area contributed by atoms with E-state index in [0.29, 0.717) is 13.1 Å². The summed E-state index contributed by atoms with van der Waals surface area (Å²) in [7, 11) is 1.97. The van der Waals surface area contributed by atoms with Gasteiger partial charge in [-0.1, -0.05) is 6.07 Å². The van der Waals surface area contributed by atoms with E-state index in [1.807, 2.05) is 61.6 Å². The van der Waals surface area contributed by atoms with E-state index in [9.17, 15) is 0 Å². The van der Waals surface area contributed by atoms with Crippen LogP contribution in [0.4, 0.5) is 0 Å². The van der Waals surface area contributed by atoms with Gasteiger partial charge in [0.25, 0.3) is 0 Å². The number of nitrogens with zero attached hydrogens (tertiary/aromatic N) is 6. The Morgan fingerprint density at radius 1 is 1.10 bits per heavy atom. The quantitative estimate of drug-likeness (QED) is 0.496. The van der Waals surface area contributed by atoms with Gasteiger partial charge in [0.15, 0.2) is 11.8 Å². The Kier molecular flexibility index (Phi) is 6.31. The van der Waals surface area contributed by atoms with E-state index in [2.05, 4.69) is 39.7 Å². The largest absolute Gasteiger partial charge is 0.357 e. The molecule has 0 atom stereocenters. The first-order chi connectivity index (χ1) is 13.9. The Hall–Kier alpha value is -3.16. The first kappa shape index (κ1) is 20.6. The maximum absolute atomic E-state index is 4.69. The molecule has 0 fully saturated rings. The average Bonchev–Trinajstić information content (AvgIpc) is 3.15. The van der Waals surface area contributed by atoms with Crippen molar-refractivity contribution in [3.8, 4) is 5.82 Å². The first-order valence-corrected chi connectivity index (χ1v) is 9.88. The lowest BCUT2D eigenvalue weighted by Crippen LogP contribution is -2.37. The van der Waals surface area contributed by atoms with E-state index in [0.717, 1.165) is 46.7 Å². The van der Waals surface area contributed by atoms with Gasteiger partial charge in [-0.3, -0.25) is 4.68 Å². The van der Waals surface area contributed by atoms with Gasteiger partial charge in [0.05, 0.1) is 17.9 Å². The highest BCUT2D eigenvalue weighted by molar-refractivity contribution is 5.79. The Labute approximate surface area is 172 Å². The normalized spacial score (nSPS) is 11.7. The van der Waals surface area contributed by atoms with Gasteiger partial charge in [0.2, 0.25) is 0 Å². The standard InChI is InChI=1S/C21H30N8/c1-7-22-21(25-13-19-16(4)27-28(6)17(19)5)24-12-18-8-9-20(23-11-18)29-15(3)10-14(2)26-29/h8-11H,7,12-13H2,1-6H3,(H2,22,24,25). The molecule has 0 aromatic carbocycles. The fourth-order valence-corrected chi connectivity index (χ4v) is 3.25. The van der Waals surface area contributed by atoms with Crippen molar-refractivity contribution in [1.29, 1.82) is 0 Å². The van der Waals surface area contributed by atoms with Crippen LogP contribution in [-0.2, 0) is 20.1 Å². The number of hydrogen-bond donors (Lipinski definition) is 2. The smallest absolute Gasteiger partial charge is 0.191 e. The molecule has 0 aliphatic carbocycles. The predicted octanol–water partition coefficient (Wildman–Crippen LogP) is 2.49. The van der Waals surface area contributed by atoms with Crippen molar-refractivity contribution in [3.63, 3.8) is 0 Å². The highest BCUT2D eigenvalue weighted by Gasteiger charge is 2.10. The molecule has 0 bridgehead atoms. The summed E-state index contributed by atoms with van der Waals surface area (Å²) in [6.45, 7) is 12.2. The molecule has 2 N–H and O–H groups in total. The number of guanidine groups is 1. The lowest BCUT2D eigenvalue weighted by molar-refractivity contribution is 0.728. The Balaban J connectivity index is 1.67. The molecule has 0 aliphatic rings. The molecule has 0 saturated carbocycles. The van der Waals surface area contributed by atoms with Gasteiger partial charge in [0.1, 0.15) is 0 Å². The maximum atomic E-state index is 4.69. The van der Waals surface area contributed by atoms with Crippen LogP contribution in [0.2, 0.25) is 0 Å². The van der Waals surface area contributed by atoms with Gasteiger partial charge < -0.3 is 10.6 Å². The molecule has 0 radical (unpaired) electrons. The fraction of sp³-hybridized carbons (Fsp3) is 0.429. The number of aryl methyl sites for hydroxylation is 4. The third-order valence-electron chi connectivity index (χ3n) is 4.89. The minimum absolute atomic E-state index is 0.546. The zero-order chi connectivity index (χ0) is 21.0. The minimum atomic E-state index is 0.546. The summed E-state index contributed by atoms with van der Waals surface area (Å²) in [4.78, 5) is 9.24. The van der Waals surface area contributed by atoms with E-state index in [-0.39, 0.29) is 0 Å². The van der Waals surface area contributed by atoms with E-state index in [1.54, 1.807) is 0 Å². The van der Waals surface area contributed by atoms with E-state index in [1.165, 1.54) is 5.56 Å². The van der Waals surface area contributed by atoms with Crippen LogP contribution in [0.5, 0.6) is 0 Å². The number of aliphatic imine (C=N–C) groups is 1. The lowest BCUT2D eigenvalue weighted by Gasteiger charge is -2.12. The lowest BCUT2D eigenvalue weighted by atomic mass is 10.2. The van der Waals surface area contributed by atoms with Crippen molar-refractivity contribution in [2.24, 2.45) is 12.0 Å². The third-order valence-corrected chi connectivity index (χ3v) is 4.89. The fourth-order valence-electron chi connectivity index (χ4n) is 3.25. The van der Waals surface area contributed by atoms with Crippen LogP contribution in [0.1, 0.15) is 40.8 Å². The van der Waals surface area contributed by atoms with Gasteiger partial charge in [-0.2, -0.15) is 10.2 Å². The second kappa shape index (κ2) is 8.89. The molecule has 154 valence electrons. The van der Waals surface area contributed by atoms with Gasteiger partial charge in [-0.15, -0.1) is 0 Å². The van der Waals surface area contributed by atoms with Gasteiger partial charge in [0, 0.05) is 43.3 Å². The highest BCUT2D eigenvalue weighted by Crippen LogP contribution is 2.12. The van der Waals surface area contributed by atoms with Crippen LogP contribution in [0, 0.1) is 27.7 Å². The van der Waals surface area contributed by atoms with Crippen molar-refractivity contribution in [2.45, 2.75) is 47.7 Å². The van der Waals surface area contributed by atoms with Crippen molar-refractivity contribution >= 4 is 5.96 Å². The molecule has 3 aromatic rings. The Morgan fingerprint density at radius 3 is 2.45 bits per heavy atom. The maximum Gasteiger partial charge on any atom is 0.191 e. The van der Waals surface area contributed by atoms with Gasteiger partial charge >= 0.3 is 0 Å². The van der Waals surface area contributed by atoms with Crippen LogP contribution in [-0.4, -0.2) is 37.0 Å². The molecular weight excluding hydrogens is 364 g/mol. The Morgan fingerprint density at radius 2 is 1.90 bits per heavy atom. The summed E-state index contributed by atoms with van der Waals surface area (Å²) >= 11 is 0. The van der Waals surface area contributed by atoms with Crippen LogP contribution in [0.3, 0.4) is 0 Å². The molecule has 0 saturated heterocycles. The molecule has 29 heavy (non-hydrogen) atoms. The molecule has 0 spiro atoms. The first-order valence-electron chi connectivity index (χ1n) is 9.88. The summed E-state index contributed by atoms with van der Waals surface area (Å²) in [5.41, 5.74) is 6.50. The van der Waals surface area contributed by atoms with Crippen LogP contribution < -0.4 is 10.6 Å². The molecule has 0 amide bonds. The predicted molar refractivity (Wildman–Crippen MR) is 115 cm³/mol. The Bertz CT molecular complexity index is 995. The zero-order valence-corrected chi connectivity index (χ0v) is 18.1. The number of nitrogens with one attached hydrogen (secondary N) is 2. The highest BCUT2D eigenvalue weighted by atomic mass is 15.3. The number of rotatable bonds is 6. The average molecular weight is 395 g/mol. The minimum Gasteiger partial charge on any atom is -0.357 e. The number of hydrogen-bond acceptors (Lipinski definition) is 4. The zero-order valence-electron chi connectivity index (χ0n) is 18.1. The molecule has 3 aromatic heterocycles. The summed E-state index contributed by atoms with van der Waals surface area (Å²) in [5, 5.41) is 15.6. The topological polar surface area (TPSA) is 84.9 Å². The van der Waals surface area contributed by atoms with E-state index in [4.69, 9.17) is 4.99 Å². The molecule has 8 nitrogen and oxygen atoms in total. The SMILES string of the molecule is CCNC(=NCc1ccc(-n2nc(C)cc2C)nc1)NCc1c(C)nn(C)c1C. The molecular formula is C21H30N8. The second-order valence-corrected chi connectivity index (χ2v) is 7.19. The van der Waals surface area contributed by atoms with Gasteiger partial charge in [-0.05, 0) is 52.3 Å². The molecule has 0 aliphatic heterocycles. The summed E-state index contributed by atoms with van der Waals surface area (Å²) in [6, 6.07) is 6.06. The van der Waals surface area contributed by atoms with Crippen molar-refractivity contribution in [2.75, 3.05) is 6.54 Å². The molecule has 3 heterocycles. The van der Waals surface area contributed by atoms with Crippen molar-refractivity contribution < 1.29 is 0 Å². The van der Waals surface area contributed by atoms with Gasteiger partial charge in [-0.25, -0.2) is 14.7 Å². The summed E-state index contributed by atoms with van der Waals surface area (Å²) < 4.78 is 3.76. The second-order valence-electron chi connectivity index (χ2n) is 7.19. The van der Waals surface area contributed by atoms with Crippen molar-refractivity contribution in [3.05, 3.63) is 58.3 Å². The van der Waals surface area contributed by atoms with E-state index < -0.39 is 0 Å². The molecule has 0 unspecified atom stereocenters. The van der Waals surface area contributed by atoms with Crippen LogP contribution in [0.15, 0.2) is 29.4 Å². The van der Waals surface area contributed by atoms with Crippen molar-refractivity contribution in [1.82, 2.24) is 35.2 Å². The summed E-state index contributed by atoms with van der Waals surface area (Å²) in [5.74, 6) is 1.59. The number of pyridine rings is 1.